The fraction of sp³-hybridized carbons (Fsp3) is 0.364. The molecule has 0 saturated heterocycles. The number of aliphatic hydroxyl groups excluding tert-OH is 2. The van der Waals surface area contributed by atoms with Gasteiger partial charge in [0.2, 0.25) is 0 Å². The van der Waals surface area contributed by atoms with Crippen LogP contribution in [-0.4, -0.2) is 51.5 Å². The zero-order chi connectivity index (χ0) is 14.3. The van der Waals surface area contributed by atoms with Gasteiger partial charge in [-0.2, -0.15) is 0 Å². The second-order valence-electron chi connectivity index (χ2n) is 3.64. The van der Waals surface area contributed by atoms with Crippen LogP contribution in [0.15, 0.2) is 24.3 Å². The molecule has 0 aromatic heterocycles. The van der Waals surface area contributed by atoms with E-state index in [9.17, 15) is 10.1 Å². The third-order valence-corrected chi connectivity index (χ3v) is 2.73. The quantitative estimate of drug-likeness (QED) is 0.399. The van der Waals surface area contributed by atoms with Crippen molar-refractivity contribution in [3.05, 3.63) is 34.4 Å². The minimum Gasteiger partial charge on any atom is -0.395 e. The Morgan fingerprint density at radius 1 is 1.32 bits per heavy atom. The lowest BCUT2D eigenvalue weighted by Crippen LogP contribution is -2.38. The highest BCUT2D eigenvalue weighted by atomic mass is 32.1. The Morgan fingerprint density at radius 3 is 2.42 bits per heavy atom. The molecule has 0 saturated carbocycles. The number of nitrogens with one attached hydrogen (secondary N) is 1. The van der Waals surface area contributed by atoms with Gasteiger partial charge in [0.05, 0.1) is 18.1 Å². The summed E-state index contributed by atoms with van der Waals surface area (Å²) in [6.07, 6.45) is 0. The van der Waals surface area contributed by atoms with Gasteiger partial charge >= 0.3 is 0 Å². The van der Waals surface area contributed by atoms with Crippen molar-refractivity contribution in [2.75, 3.05) is 31.6 Å². The van der Waals surface area contributed by atoms with E-state index in [4.69, 9.17) is 22.4 Å². The first-order valence-electron chi connectivity index (χ1n) is 5.61. The van der Waals surface area contributed by atoms with Crippen LogP contribution in [-0.2, 0) is 0 Å². The molecule has 0 aliphatic rings. The molecular formula is C11H15N3O4S. The lowest BCUT2D eigenvalue weighted by Gasteiger charge is -2.24. The average molecular weight is 285 g/mol. The molecule has 0 radical (unpaired) electrons. The van der Waals surface area contributed by atoms with Gasteiger partial charge in [-0.15, -0.1) is 0 Å². The fourth-order valence-corrected chi connectivity index (χ4v) is 1.78. The van der Waals surface area contributed by atoms with Crippen molar-refractivity contribution >= 4 is 28.7 Å². The van der Waals surface area contributed by atoms with Crippen LogP contribution in [0.5, 0.6) is 0 Å². The molecule has 0 spiro atoms. The van der Waals surface area contributed by atoms with Gasteiger partial charge in [0.25, 0.3) is 5.69 Å². The highest BCUT2D eigenvalue weighted by molar-refractivity contribution is 7.80. The van der Waals surface area contributed by atoms with Gasteiger partial charge in [-0.1, -0.05) is 12.1 Å². The van der Waals surface area contributed by atoms with E-state index in [2.05, 4.69) is 5.32 Å². The lowest BCUT2D eigenvalue weighted by atomic mass is 10.3. The Labute approximate surface area is 115 Å². The number of thiocarbonyl (C=S) groups is 1. The zero-order valence-corrected chi connectivity index (χ0v) is 11.0. The Hall–Kier alpha value is -1.77. The summed E-state index contributed by atoms with van der Waals surface area (Å²) in [6.45, 7) is 0.234. The van der Waals surface area contributed by atoms with Gasteiger partial charge in [-0.25, -0.2) is 0 Å². The van der Waals surface area contributed by atoms with Crippen LogP contribution in [0.3, 0.4) is 0 Å². The molecule has 0 aliphatic heterocycles. The van der Waals surface area contributed by atoms with Crippen LogP contribution in [0.4, 0.5) is 11.4 Å². The Bertz CT molecular complexity index is 449. The van der Waals surface area contributed by atoms with Crippen LogP contribution in [0.2, 0.25) is 0 Å². The van der Waals surface area contributed by atoms with Crippen molar-refractivity contribution < 1.29 is 15.1 Å². The third kappa shape index (κ3) is 4.43. The summed E-state index contributed by atoms with van der Waals surface area (Å²) in [6, 6.07) is 6.12. The molecule has 0 unspecified atom stereocenters. The smallest absolute Gasteiger partial charge is 0.292 e. The van der Waals surface area contributed by atoms with Crippen LogP contribution in [0.25, 0.3) is 0 Å². The standard InChI is InChI=1S/C11H15N3O4S/c15-7-5-13(6-8-16)11(19)12-9-3-1-2-4-10(9)14(17)18/h1-4,15-16H,5-8H2,(H,12,19). The molecule has 3 N–H and O–H groups in total. The van der Waals surface area contributed by atoms with Crippen LogP contribution >= 0.6 is 12.2 Å². The maximum absolute atomic E-state index is 10.9. The van der Waals surface area contributed by atoms with Crippen LogP contribution in [0, 0.1) is 10.1 Å². The fourth-order valence-electron chi connectivity index (χ4n) is 1.49. The largest absolute Gasteiger partial charge is 0.395 e. The van der Waals surface area contributed by atoms with Crippen molar-refractivity contribution in [2.45, 2.75) is 0 Å². The molecule has 0 aliphatic carbocycles. The van der Waals surface area contributed by atoms with Crippen molar-refractivity contribution in [3.8, 4) is 0 Å². The minimum atomic E-state index is -0.507. The first kappa shape index (κ1) is 15.3. The number of nitro benzene ring substituents is 1. The molecule has 104 valence electrons. The van der Waals surface area contributed by atoms with Gasteiger partial charge in [0.1, 0.15) is 5.69 Å². The molecule has 0 bridgehead atoms. The number of benzene rings is 1. The van der Waals surface area contributed by atoms with E-state index in [0.29, 0.717) is 0 Å². The second-order valence-corrected chi connectivity index (χ2v) is 4.03. The van der Waals surface area contributed by atoms with E-state index in [0.717, 1.165) is 0 Å². The summed E-state index contributed by atoms with van der Waals surface area (Å²) in [5.41, 5.74) is 0.191. The number of rotatable bonds is 6. The van der Waals surface area contributed by atoms with E-state index in [-0.39, 0.29) is 42.8 Å². The van der Waals surface area contributed by atoms with Crippen molar-refractivity contribution in [1.29, 1.82) is 0 Å². The molecule has 1 aromatic carbocycles. The molecule has 1 aromatic rings. The number of nitrogens with zero attached hydrogens (tertiary/aromatic N) is 2. The van der Waals surface area contributed by atoms with Crippen molar-refractivity contribution in [3.63, 3.8) is 0 Å². The molecule has 1 rings (SSSR count). The number of hydrogen-bond acceptors (Lipinski definition) is 5. The lowest BCUT2D eigenvalue weighted by molar-refractivity contribution is -0.383. The van der Waals surface area contributed by atoms with Crippen molar-refractivity contribution in [1.82, 2.24) is 4.90 Å². The molecule has 0 heterocycles. The van der Waals surface area contributed by atoms with Gasteiger partial charge in [0.15, 0.2) is 5.11 Å². The molecule has 19 heavy (non-hydrogen) atoms. The van der Waals surface area contributed by atoms with Gasteiger partial charge in [-0.3, -0.25) is 10.1 Å². The summed E-state index contributed by atoms with van der Waals surface area (Å²) in [5.74, 6) is 0. The number of para-hydroxylation sites is 2. The predicted molar refractivity (Wildman–Crippen MR) is 75.1 cm³/mol. The van der Waals surface area contributed by atoms with E-state index in [1.54, 1.807) is 18.2 Å². The maximum atomic E-state index is 10.9. The Kier molecular flexibility index (Phi) is 6.13. The van der Waals surface area contributed by atoms with Crippen molar-refractivity contribution in [2.24, 2.45) is 0 Å². The molecule has 8 heteroatoms. The normalized spacial score (nSPS) is 10.0. The van der Waals surface area contributed by atoms with E-state index < -0.39 is 4.92 Å². The average Bonchev–Trinajstić information content (AvgIpc) is 2.38. The monoisotopic (exact) mass is 285 g/mol. The number of anilines is 1. The number of nitro groups is 1. The summed E-state index contributed by atoms with van der Waals surface area (Å²) in [7, 11) is 0. The van der Waals surface area contributed by atoms with Gasteiger partial charge in [0, 0.05) is 19.2 Å². The third-order valence-electron chi connectivity index (χ3n) is 2.37. The first-order valence-corrected chi connectivity index (χ1v) is 6.02. The molecule has 0 amide bonds. The number of aliphatic hydroxyl groups is 2. The first-order chi connectivity index (χ1) is 9.10. The zero-order valence-electron chi connectivity index (χ0n) is 10.2. The summed E-state index contributed by atoms with van der Waals surface area (Å²) < 4.78 is 0. The van der Waals surface area contributed by atoms with E-state index >= 15 is 0 Å². The van der Waals surface area contributed by atoms with Crippen LogP contribution in [0.1, 0.15) is 0 Å². The maximum Gasteiger partial charge on any atom is 0.292 e. The second kappa shape index (κ2) is 7.62. The molecule has 0 atom stereocenters. The summed E-state index contributed by atoms with van der Waals surface area (Å²) in [5, 5.41) is 31.6. The SMILES string of the molecule is O=[N+]([O-])c1ccccc1NC(=S)N(CCO)CCO. The summed E-state index contributed by atoms with van der Waals surface area (Å²) >= 11 is 5.10. The Morgan fingerprint density at radius 2 is 1.89 bits per heavy atom. The van der Waals surface area contributed by atoms with E-state index in [1.165, 1.54) is 11.0 Å². The molecule has 7 nitrogen and oxygen atoms in total. The summed E-state index contributed by atoms with van der Waals surface area (Å²) in [4.78, 5) is 11.9. The predicted octanol–water partition coefficient (Wildman–Crippen LogP) is 0.578. The molecular weight excluding hydrogens is 270 g/mol. The highest BCUT2D eigenvalue weighted by Gasteiger charge is 2.15. The molecule has 0 fully saturated rings. The minimum absolute atomic E-state index is 0.0854. The number of hydrogen-bond donors (Lipinski definition) is 3. The van der Waals surface area contributed by atoms with Gasteiger partial charge in [-0.05, 0) is 18.3 Å². The van der Waals surface area contributed by atoms with Gasteiger partial charge < -0.3 is 20.4 Å². The van der Waals surface area contributed by atoms with Crippen LogP contribution < -0.4 is 5.32 Å². The Balaban J connectivity index is 2.83. The van der Waals surface area contributed by atoms with E-state index in [1.807, 2.05) is 0 Å². The topological polar surface area (TPSA) is 98.9 Å². The highest BCUT2D eigenvalue weighted by Crippen LogP contribution is 2.23.